The second-order valence-electron chi connectivity index (χ2n) is 6.69. The van der Waals surface area contributed by atoms with Crippen molar-refractivity contribution in [1.82, 2.24) is 4.57 Å². The van der Waals surface area contributed by atoms with Gasteiger partial charge in [-0.05, 0) is 36.8 Å². The van der Waals surface area contributed by atoms with Gasteiger partial charge >= 0.3 is 0 Å². The maximum absolute atomic E-state index is 14.1. The summed E-state index contributed by atoms with van der Waals surface area (Å²) in [6.45, 7) is 1.16. The normalized spacial score (nSPS) is 11.0. The van der Waals surface area contributed by atoms with Gasteiger partial charge in [0.2, 0.25) is 0 Å². The van der Waals surface area contributed by atoms with Gasteiger partial charge in [-0.2, -0.15) is 0 Å². The molecule has 4 rings (SSSR count). The third kappa shape index (κ3) is 4.03. The zero-order valence-corrected chi connectivity index (χ0v) is 16.4. The summed E-state index contributed by atoms with van der Waals surface area (Å²) in [5, 5.41) is 1.39. The van der Waals surface area contributed by atoms with Gasteiger partial charge < -0.3 is 9.30 Å². The Balaban J connectivity index is 1.54. The number of para-hydroxylation sites is 2. The molecule has 0 aliphatic carbocycles. The molecule has 29 heavy (non-hydrogen) atoms. The van der Waals surface area contributed by atoms with Crippen molar-refractivity contribution in [3.8, 4) is 5.75 Å². The van der Waals surface area contributed by atoms with Crippen LogP contribution in [-0.4, -0.2) is 17.0 Å². The number of hydrogen-bond acceptors (Lipinski definition) is 2. The number of rotatable bonds is 7. The summed E-state index contributed by atoms with van der Waals surface area (Å²) in [5.74, 6) is -0.171. The summed E-state index contributed by atoms with van der Waals surface area (Å²) in [5.41, 5.74) is 1.51. The van der Waals surface area contributed by atoms with Crippen molar-refractivity contribution in [3.05, 3.63) is 101 Å². The lowest BCUT2D eigenvalue weighted by atomic mass is 10.0. The van der Waals surface area contributed by atoms with Crippen LogP contribution >= 0.6 is 11.6 Å². The van der Waals surface area contributed by atoms with E-state index >= 15 is 0 Å². The van der Waals surface area contributed by atoms with Crippen LogP contribution in [-0.2, 0) is 6.54 Å². The second-order valence-corrected chi connectivity index (χ2v) is 7.10. The highest BCUT2D eigenvalue weighted by molar-refractivity contribution is 6.32. The summed E-state index contributed by atoms with van der Waals surface area (Å²) in [6, 6.07) is 21.1. The lowest BCUT2D eigenvalue weighted by molar-refractivity contribution is 0.103. The number of hydrogen-bond donors (Lipinski definition) is 0. The van der Waals surface area contributed by atoms with E-state index in [1.165, 1.54) is 12.1 Å². The van der Waals surface area contributed by atoms with Crippen LogP contribution in [0.2, 0.25) is 5.02 Å². The molecule has 0 fully saturated rings. The van der Waals surface area contributed by atoms with Crippen LogP contribution in [0.3, 0.4) is 0 Å². The largest absolute Gasteiger partial charge is 0.492 e. The summed E-state index contributed by atoms with van der Waals surface area (Å²) in [6.07, 6.45) is 2.53. The lowest BCUT2D eigenvalue weighted by Crippen LogP contribution is -2.05. The Morgan fingerprint density at radius 3 is 2.48 bits per heavy atom. The van der Waals surface area contributed by atoms with Gasteiger partial charge in [-0.3, -0.25) is 4.79 Å². The fourth-order valence-electron chi connectivity index (χ4n) is 3.38. The number of aromatic nitrogens is 1. The first-order valence-corrected chi connectivity index (χ1v) is 9.77. The van der Waals surface area contributed by atoms with Gasteiger partial charge in [-0.1, -0.05) is 54.1 Å². The van der Waals surface area contributed by atoms with Crippen LogP contribution in [0.5, 0.6) is 5.75 Å². The van der Waals surface area contributed by atoms with Crippen molar-refractivity contribution in [1.29, 1.82) is 0 Å². The molecule has 4 aromatic rings. The lowest BCUT2D eigenvalue weighted by Gasteiger charge is -2.09. The smallest absolute Gasteiger partial charge is 0.198 e. The Bertz CT molecular complexity index is 1170. The van der Waals surface area contributed by atoms with Gasteiger partial charge in [0.25, 0.3) is 0 Å². The third-order valence-electron chi connectivity index (χ3n) is 4.79. The van der Waals surface area contributed by atoms with Crippen LogP contribution in [0.4, 0.5) is 4.39 Å². The Morgan fingerprint density at radius 1 is 0.931 bits per heavy atom. The standard InChI is InChI=1S/C24H19ClFNO2/c25-20-10-3-6-13-23(20)29-15-7-14-27-16-19(17-8-2-5-12-22(17)27)24(28)18-9-1-4-11-21(18)26/h1-6,8-13,16H,7,14-15H2. The van der Waals surface area contributed by atoms with Crippen LogP contribution in [0.25, 0.3) is 10.9 Å². The highest BCUT2D eigenvalue weighted by Crippen LogP contribution is 2.26. The van der Waals surface area contributed by atoms with Crippen molar-refractivity contribution in [3.63, 3.8) is 0 Å². The molecule has 0 bridgehead atoms. The van der Waals surface area contributed by atoms with Crippen LogP contribution in [0.15, 0.2) is 79.0 Å². The molecule has 0 N–H and O–H groups in total. The Morgan fingerprint density at radius 2 is 1.66 bits per heavy atom. The highest BCUT2D eigenvalue weighted by Gasteiger charge is 2.19. The quantitative estimate of drug-likeness (QED) is 0.272. The van der Waals surface area contributed by atoms with Crippen molar-refractivity contribution in [2.45, 2.75) is 13.0 Å². The van der Waals surface area contributed by atoms with E-state index in [0.29, 0.717) is 29.5 Å². The first-order valence-electron chi connectivity index (χ1n) is 9.39. The Labute approximate surface area is 173 Å². The fraction of sp³-hybridized carbons (Fsp3) is 0.125. The van der Waals surface area contributed by atoms with E-state index in [2.05, 4.69) is 0 Å². The first kappa shape index (κ1) is 19.2. The maximum Gasteiger partial charge on any atom is 0.198 e. The van der Waals surface area contributed by atoms with E-state index in [1.54, 1.807) is 24.4 Å². The van der Waals surface area contributed by atoms with E-state index < -0.39 is 5.82 Å². The van der Waals surface area contributed by atoms with Crippen molar-refractivity contribution in [2.24, 2.45) is 0 Å². The highest BCUT2D eigenvalue weighted by atomic mass is 35.5. The topological polar surface area (TPSA) is 31.2 Å². The molecule has 0 atom stereocenters. The number of benzene rings is 3. The predicted molar refractivity (Wildman–Crippen MR) is 113 cm³/mol. The molecule has 3 aromatic carbocycles. The van der Waals surface area contributed by atoms with Gasteiger partial charge in [0.05, 0.1) is 17.2 Å². The predicted octanol–water partition coefficient (Wildman–Crippen LogP) is 6.13. The van der Waals surface area contributed by atoms with Gasteiger partial charge in [-0.15, -0.1) is 0 Å². The molecular weight excluding hydrogens is 389 g/mol. The zero-order chi connectivity index (χ0) is 20.2. The fourth-order valence-corrected chi connectivity index (χ4v) is 3.57. The average Bonchev–Trinajstić information content (AvgIpc) is 3.11. The Kier molecular flexibility index (Phi) is 5.63. The van der Waals surface area contributed by atoms with E-state index in [4.69, 9.17) is 16.3 Å². The second kappa shape index (κ2) is 8.50. The molecule has 3 nitrogen and oxygen atoms in total. The van der Waals surface area contributed by atoms with Crippen molar-refractivity contribution < 1.29 is 13.9 Å². The molecule has 0 saturated heterocycles. The SMILES string of the molecule is O=C(c1ccccc1F)c1cn(CCCOc2ccccc2Cl)c2ccccc12. The van der Waals surface area contributed by atoms with Gasteiger partial charge in [0, 0.05) is 29.2 Å². The molecule has 1 heterocycles. The van der Waals surface area contributed by atoms with E-state index in [1.807, 2.05) is 47.0 Å². The van der Waals surface area contributed by atoms with E-state index in [-0.39, 0.29) is 11.3 Å². The minimum atomic E-state index is -0.512. The monoisotopic (exact) mass is 407 g/mol. The number of halogens is 2. The molecule has 0 aliphatic heterocycles. The Hall–Kier alpha value is -3.11. The van der Waals surface area contributed by atoms with Gasteiger partial charge in [0.15, 0.2) is 5.78 Å². The number of nitrogens with zero attached hydrogens (tertiary/aromatic N) is 1. The summed E-state index contributed by atoms with van der Waals surface area (Å²) in [7, 11) is 0. The van der Waals surface area contributed by atoms with E-state index in [9.17, 15) is 9.18 Å². The van der Waals surface area contributed by atoms with Crippen LogP contribution in [0, 0.1) is 5.82 Å². The minimum absolute atomic E-state index is 0.0810. The van der Waals surface area contributed by atoms with Crippen molar-refractivity contribution >= 4 is 28.3 Å². The summed E-state index contributed by atoms with van der Waals surface area (Å²) in [4.78, 5) is 13.0. The average molecular weight is 408 g/mol. The number of carbonyl (C=O) groups is 1. The number of ketones is 1. The molecule has 0 radical (unpaired) electrons. The molecule has 0 aliphatic rings. The third-order valence-corrected chi connectivity index (χ3v) is 5.10. The molecule has 0 unspecified atom stereocenters. The molecular formula is C24H19ClFNO2. The van der Waals surface area contributed by atoms with Crippen LogP contribution in [0.1, 0.15) is 22.3 Å². The number of aryl methyl sites for hydroxylation is 1. The van der Waals surface area contributed by atoms with Gasteiger partial charge in [-0.25, -0.2) is 4.39 Å². The molecule has 0 amide bonds. The van der Waals surface area contributed by atoms with Gasteiger partial charge in [0.1, 0.15) is 11.6 Å². The van der Waals surface area contributed by atoms with Crippen LogP contribution < -0.4 is 4.74 Å². The number of carbonyl (C=O) groups excluding carboxylic acids is 1. The number of fused-ring (bicyclic) bond motifs is 1. The maximum atomic E-state index is 14.1. The summed E-state index contributed by atoms with van der Waals surface area (Å²) >= 11 is 6.11. The molecule has 0 saturated carbocycles. The molecule has 1 aromatic heterocycles. The first-order chi connectivity index (χ1) is 14.1. The zero-order valence-electron chi connectivity index (χ0n) is 15.6. The van der Waals surface area contributed by atoms with E-state index in [0.717, 1.165) is 17.3 Å². The minimum Gasteiger partial charge on any atom is -0.492 e. The van der Waals surface area contributed by atoms with Crippen molar-refractivity contribution in [2.75, 3.05) is 6.61 Å². The summed E-state index contributed by atoms with van der Waals surface area (Å²) < 4.78 is 21.9. The molecule has 5 heteroatoms. The number of ether oxygens (including phenoxy) is 1. The molecule has 146 valence electrons. The molecule has 0 spiro atoms.